The third-order valence-electron chi connectivity index (χ3n) is 1.77. The molecule has 0 fully saturated rings. The number of rotatable bonds is 2. The zero-order chi connectivity index (χ0) is 11.3. The summed E-state index contributed by atoms with van der Waals surface area (Å²) in [6.07, 6.45) is 0. The molecular formula is C11H8N2O2. The molecule has 4 nitrogen and oxygen atoms in total. The van der Waals surface area contributed by atoms with Gasteiger partial charge in [-0.15, -0.1) is 0 Å². The summed E-state index contributed by atoms with van der Waals surface area (Å²) in [6, 6.07) is 7.99. The molecule has 4 heteroatoms. The summed E-state index contributed by atoms with van der Waals surface area (Å²) in [5.74, 6) is -0.488. The van der Waals surface area contributed by atoms with Gasteiger partial charge in [-0.3, -0.25) is 0 Å². The van der Waals surface area contributed by atoms with Crippen LogP contribution in [0.3, 0.4) is 0 Å². The standard InChI is InChI=1S/C11H8N2O2/c1-2-15-11(14)8-3-4-9(6-12)10(5-8)7-13/h3-5H,2H2,1H3. The first-order chi connectivity index (χ1) is 7.22. The fourth-order valence-electron chi connectivity index (χ4n) is 1.08. The van der Waals surface area contributed by atoms with Gasteiger partial charge in [0.15, 0.2) is 0 Å². The number of hydrogen-bond acceptors (Lipinski definition) is 4. The summed E-state index contributed by atoms with van der Waals surface area (Å²) >= 11 is 0. The maximum Gasteiger partial charge on any atom is 0.338 e. The molecule has 0 unspecified atom stereocenters. The van der Waals surface area contributed by atoms with Gasteiger partial charge in [0.2, 0.25) is 0 Å². The minimum absolute atomic E-state index is 0.183. The first-order valence-electron chi connectivity index (χ1n) is 4.34. The van der Waals surface area contributed by atoms with E-state index in [1.807, 2.05) is 12.1 Å². The molecule has 0 aliphatic heterocycles. The van der Waals surface area contributed by atoms with E-state index in [1.165, 1.54) is 18.2 Å². The Morgan fingerprint density at radius 3 is 2.53 bits per heavy atom. The Kier molecular flexibility index (Phi) is 3.43. The lowest BCUT2D eigenvalue weighted by Crippen LogP contribution is -2.05. The number of hydrogen-bond donors (Lipinski definition) is 0. The summed E-state index contributed by atoms with van der Waals surface area (Å²) in [4.78, 5) is 11.3. The quantitative estimate of drug-likeness (QED) is 0.679. The van der Waals surface area contributed by atoms with Gasteiger partial charge in [0.05, 0.1) is 23.3 Å². The van der Waals surface area contributed by atoms with Crippen LogP contribution in [0.15, 0.2) is 18.2 Å². The van der Waals surface area contributed by atoms with Crippen molar-refractivity contribution in [1.29, 1.82) is 10.5 Å². The highest BCUT2D eigenvalue weighted by Gasteiger charge is 2.09. The summed E-state index contributed by atoms with van der Waals surface area (Å²) in [5.41, 5.74) is 0.723. The van der Waals surface area contributed by atoms with Crippen LogP contribution in [0.5, 0.6) is 0 Å². The molecule has 1 aromatic rings. The summed E-state index contributed by atoms with van der Waals surface area (Å²) < 4.78 is 4.77. The number of carbonyl (C=O) groups excluding carboxylic acids is 1. The van der Waals surface area contributed by atoms with Crippen LogP contribution in [0.2, 0.25) is 0 Å². The predicted octanol–water partition coefficient (Wildman–Crippen LogP) is 1.61. The molecule has 0 amide bonds. The third-order valence-corrected chi connectivity index (χ3v) is 1.77. The highest BCUT2D eigenvalue weighted by molar-refractivity contribution is 5.90. The Bertz CT molecular complexity index is 466. The number of esters is 1. The van der Waals surface area contributed by atoms with Gasteiger partial charge in [-0.2, -0.15) is 10.5 Å². The molecule has 0 aliphatic carbocycles. The Morgan fingerprint density at radius 1 is 1.33 bits per heavy atom. The monoisotopic (exact) mass is 200 g/mol. The molecule has 1 aromatic carbocycles. The molecular weight excluding hydrogens is 192 g/mol. The topological polar surface area (TPSA) is 73.9 Å². The van der Waals surface area contributed by atoms with Gasteiger partial charge in [0, 0.05) is 0 Å². The molecule has 0 aromatic heterocycles. The first-order valence-corrected chi connectivity index (χ1v) is 4.34. The lowest BCUT2D eigenvalue weighted by molar-refractivity contribution is 0.0526. The van der Waals surface area contributed by atoms with Crippen LogP contribution in [0.25, 0.3) is 0 Å². The van der Waals surface area contributed by atoms with Gasteiger partial charge < -0.3 is 4.74 Å². The number of nitriles is 2. The molecule has 0 saturated carbocycles. The van der Waals surface area contributed by atoms with Gasteiger partial charge in [-0.1, -0.05) is 0 Å². The maximum atomic E-state index is 11.3. The van der Waals surface area contributed by atoms with Crippen molar-refractivity contribution in [3.63, 3.8) is 0 Å². The maximum absolute atomic E-state index is 11.3. The number of benzene rings is 1. The molecule has 0 aliphatic rings. The Labute approximate surface area is 87.3 Å². The van der Waals surface area contributed by atoms with Crippen molar-refractivity contribution in [2.24, 2.45) is 0 Å². The largest absolute Gasteiger partial charge is 0.462 e. The van der Waals surface area contributed by atoms with Crippen LogP contribution < -0.4 is 0 Å². The highest BCUT2D eigenvalue weighted by Crippen LogP contribution is 2.11. The van der Waals surface area contributed by atoms with Gasteiger partial charge in [0.1, 0.15) is 12.1 Å². The molecule has 1 rings (SSSR count). The van der Waals surface area contributed by atoms with Crippen molar-refractivity contribution in [2.45, 2.75) is 6.92 Å². The van der Waals surface area contributed by atoms with E-state index in [4.69, 9.17) is 15.3 Å². The molecule has 0 heterocycles. The zero-order valence-corrected chi connectivity index (χ0v) is 8.15. The van der Waals surface area contributed by atoms with Gasteiger partial charge in [-0.05, 0) is 25.1 Å². The van der Waals surface area contributed by atoms with Crippen LogP contribution in [0.1, 0.15) is 28.4 Å². The van der Waals surface area contributed by atoms with E-state index in [-0.39, 0.29) is 23.3 Å². The van der Waals surface area contributed by atoms with Crippen LogP contribution in [0, 0.1) is 22.7 Å². The second kappa shape index (κ2) is 4.78. The van der Waals surface area contributed by atoms with Crippen LogP contribution >= 0.6 is 0 Å². The van der Waals surface area contributed by atoms with E-state index in [1.54, 1.807) is 6.92 Å². The minimum atomic E-state index is -0.488. The second-order valence-corrected chi connectivity index (χ2v) is 2.70. The first kappa shape index (κ1) is 10.7. The number of nitrogens with zero attached hydrogens (tertiary/aromatic N) is 2. The predicted molar refractivity (Wildman–Crippen MR) is 51.8 cm³/mol. The molecule has 0 atom stereocenters. The van der Waals surface area contributed by atoms with Crippen molar-refractivity contribution < 1.29 is 9.53 Å². The second-order valence-electron chi connectivity index (χ2n) is 2.70. The fourth-order valence-corrected chi connectivity index (χ4v) is 1.08. The molecule has 0 radical (unpaired) electrons. The number of carbonyl (C=O) groups is 1. The molecule has 0 spiro atoms. The summed E-state index contributed by atoms with van der Waals surface area (Å²) in [6.45, 7) is 1.98. The van der Waals surface area contributed by atoms with E-state index in [0.717, 1.165) is 0 Å². The zero-order valence-electron chi connectivity index (χ0n) is 8.15. The van der Waals surface area contributed by atoms with Crippen LogP contribution in [0.4, 0.5) is 0 Å². The van der Waals surface area contributed by atoms with Crippen molar-refractivity contribution in [1.82, 2.24) is 0 Å². The van der Waals surface area contributed by atoms with Gasteiger partial charge in [-0.25, -0.2) is 4.79 Å². The van der Waals surface area contributed by atoms with E-state index in [2.05, 4.69) is 0 Å². The van der Waals surface area contributed by atoms with Crippen molar-refractivity contribution >= 4 is 5.97 Å². The average molecular weight is 200 g/mol. The van der Waals surface area contributed by atoms with Crippen molar-refractivity contribution in [2.75, 3.05) is 6.61 Å². The van der Waals surface area contributed by atoms with Crippen molar-refractivity contribution in [3.05, 3.63) is 34.9 Å². The van der Waals surface area contributed by atoms with E-state index >= 15 is 0 Å². The summed E-state index contributed by atoms with van der Waals surface area (Å²) in [5, 5.41) is 17.4. The third kappa shape index (κ3) is 2.32. The van der Waals surface area contributed by atoms with Gasteiger partial charge in [0.25, 0.3) is 0 Å². The van der Waals surface area contributed by atoms with E-state index < -0.39 is 5.97 Å². The SMILES string of the molecule is CCOC(=O)c1ccc(C#N)c(C#N)c1. The minimum Gasteiger partial charge on any atom is -0.462 e. The molecule has 74 valence electrons. The fraction of sp³-hybridized carbons (Fsp3) is 0.182. The molecule has 0 saturated heterocycles. The normalized spacial score (nSPS) is 8.73. The average Bonchev–Trinajstić information content (AvgIpc) is 2.28. The van der Waals surface area contributed by atoms with Gasteiger partial charge >= 0.3 is 5.97 Å². The van der Waals surface area contributed by atoms with Crippen LogP contribution in [-0.2, 0) is 4.74 Å². The van der Waals surface area contributed by atoms with Crippen molar-refractivity contribution in [3.8, 4) is 12.1 Å². The Balaban J connectivity index is 3.11. The number of ether oxygens (including phenoxy) is 1. The lowest BCUT2D eigenvalue weighted by Gasteiger charge is -2.02. The highest BCUT2D eigenvalue weighted by atomic mass is 16.5. The molecule has 15 heavy (non-hydrogen) atoms. The van der Waals surface area contributed by atoms with E-state index in [9.17, 15) is 4.79 Å². The Hall–Kier alpha value is -2.33. The van der Waals surface area contributed by atoms with E-state index in [0.29, 0.717) is 0 Å². The summed E-state index contributed by atoms with van der Waals surface area (Å²) in [7, 11) is 0. The lowest BCUT2D eigenvalue weighted by atomic mass is 10.1. The smallest absolute Gasteiger partial charge is 0.338 e. The molecule has 0 bridgehead atoms. The van der Waals surface area contributed by atoms with Crippen LogP contribution in [-0.4, -0.2) is 12.6 Å². The Morgan fingerprint density at radius 2 is 2.00 bits per heavy atom. The molecule has 0 N–H and O–H groups in total.